The zero-order valence-corrected chi connectivity index (χ0v) is 25.3. The van der Waals surface area contributed by atoms with Gasteiger partial charge in [-0.3, -0.25) is 5.10 Å². The number of hydrogen-bond acceptors (Lipinski definition) is 7. The first kappa shape index (κ1) is 26.1. The van der Waals surface area contributed by atoms with Gasteiger partial charge in [0.2, 0.25) is 0 Å². The van der Waals surface area contributed by atoms with Crippen molar-refractivity contribution in [2.24, 2.45) is 0 Å². The summed E-state index contributed by atoms with van der Waals surface area (Å²) < 4.78 is 2.06. The van der Waals surface area contributed by atoms with Crippen molar-refractivity contribution in [1.29, 1.82) is 0 Å². The molecule has 0 aliphatic heterocycles. The average molecular weight is 619 g/mol. The molecule has 3 N–H and O–H groups in total. The fourth-order valence-corrected chi connectivity index (χ4v) is 8.44. The highest BCUT2D eigenvalue weighted by molar-refractivity contribution is 7.12. The zero-order valence-electron chi connectivity index (χ0n) is 22.9. The molecule has 0 saturated carbocycles. The molecule has 0 radical (unpaired) electrons. The molecular formula is C32H26N8S3. The molecule has 212 valence electrons. The molecule has 2 aliphatic rings. The molecule has 0 amide bonds. The number of aromatic amines is 3. The zero-order chi connectivity index (χ0) is 28.6. The second-order valence-corrected chi connectivity index (χ2v) is 13.1. The first-order chi connectivity index (χ1) is 21.3. The highest BCUT2D eigenvalue weighted by Crippen LogP contribution is 2.45. The summed E-state index contributed by atoms with van der Waals surface area (Å²) in [6, 6.07) is 12.9. The van der Waals surface area contributed by atoms with Crippen LogP contribution in [0.4, 0.5) is 0 Å². The lowest BCUT2D eigenvalue weighted by molar-refractivity contribution is 0.645. The Bertz CT molecular complexity index is 1950. The van der Waals surface area contributed by atoms with E-state index in [1.54, 1.807) is 23.9 Å². The van der Waals surface area contributed by atoms with Gasteiger partial charge in [-0.05, 0) is 53.2 Å². The molecule has 0 aromatic carbocycles. The molecule has 43 heavy (non-hydrogen) atoms. The van der Waals surface area contributed by atoms with Gasteiger partial charge in [-0.25, -0.2) is 14.6 Å². The third-order valence-corrected chi connectivity index (χ3v) is 10.8. The van der Waals surface area contributed by atoms with Gasteiger partial charge in [0, 0.05) is 45.4 Å². The Morgan fingerprint density at radius 2 is 1.72 bits per heavy atom. The summed E-state index contributed by atoms with van der Waals surface area (Å²) in [6.07, 6.45) is 19.0. The second kappa shape index (κ2) is 10.9. The molecule has 9 rings (SSSR count). The Morgan fingerprint density at radius 3 is 2.42 bits per heavy atom. The molecule has 11 heteroatoms. The first-order valence-corrected chi connectivity index (χ1v) is 16.6. The van der Waals surface area contributed by atoms with Crippen molar-refractivity contribution in [3.63, 3.8) is 0 Å². The van der Waals surface area contributed by atoms with E-state index in [4.69, 9.17) is 5.10 Å². The van der Waals surface area contributed by atoms with Crippen molar-refractivity contribution in [2.75, 3.05) is 0 Å². The maximum atomic E-state index is 4.76. The minimum absolute atomic E-state index is 0.104. The van der Waals surface area contributed by atoms with Crippen LogP contribution in [0.5, 0.6) is 0 Å². The quantitative estimate of drug-likeness (QED) is 0.183. The van der Waals surface area contributed by atoms with E-state index in [-0.39, 0.29) is 5.41 Å². The lowest BCUT2D eigenvalue weighted by Gasteiger charge is -2.31. The van der Waals surface area contributed by atoms with E-state index < -0.39 is 0 Å². The monoisotopic (exact) mass is 618 g/mol. The summed E-state index contributed by atoms with van der Waals surface area (Å²) in [4.78, 5) is 17.5. The van der Waals surface area contributed by atoms with Crippen molar-refractivity contribution in [2.45, 2.75) is 24.7 Å². The highest BCUT2D eigenvalue weighted by atomic mass is 32.1. The van der Waals surface area contributed by atoms with E-state index in [1.807, 2.05) is 35.1 Å². The SMILES string of the molecule is C1=CC(c2cccs2)(c2cccs2)Cc2[nH]nc(-c3cnc[nH]3)c21.C1=Cc2c(-c3ncc[nH]3)nn(-c3cccs3)c2CC1. The molecule has 2 aliphatic carbocycles. The Hall–Kier alpha value is -4.58. The van der Waals surface area contributed by atoms with Crippen LogP contribution in [0.1, 0.15) is 38.7 Å². The number of nitrogens with one attached hydrogen (secondary N) is 3. The maximum Gasteiger partial charge on any atom is 0.158 e. The van der Waals surface area contributed by atoms with Crippen LogP contribution in [-0.2, 0) is 18.3 Å². The number of rotatable bonds is 5. The van der Waals surface area contributed by atoms with E-state index in [2.05, 4.69) is 112 Å². The third-order valence-electron chi connectivity index (χ3n) is 7.84. The highest BCUT2D eigenvalue weighted by Gasteiger charge is 2.38. The standard InChI is InChI=1S/C18H14N4S2.C14H12N4S/c1-3-15(23-7-1)18(16-4-2-8-24-16)6-5-12-13(9-18)21-22-17(12)14-10-19-11-20-14;1-2-5-11-10(4-1)13(14-15-7-8-16-14)17-18(11)12-6-3-9-19-12/h1-8,10-11H,9H2,(H,19,20)(H,21,22);1,3-4,6-9H,2,5H2,(H,15,16). The van der Waals surface area contributed by atoms with Gasteiger partial charge in [0.1, 0.15) is 16.4 Å². The Morgan fingerprint density at radius 1 is 0.884 bits per heavy atom. The average Bonchev–Trinajstić information content (AvgIpc) is 3.90. The molecular weight excluding hydrogens is 593 g/mol. The fourth-order valence-electron chi connectivity index (χ4n) is 5.82. The van der Waals surface area contributed by atoms with Gasteiger partial charge in [-0.2, -0.15) is 10.2 Å². The number of aromatic nitrogens is 8. The molecule has 7 heterocycles. The number of thiophene rings is 3. The van der Waals surface area contributed by atoms with Crippen LogP contribution in [0.2, 0.25) is 0 Å². The van der Waals surface area contributed by atoms with Crippen molar-refractivity contribution in [3.8, 4) is 27.9 Å². The minimum Gasteiger partial charge on any atom is -0.343 e. The Labute approximate surface area is 259 Å². The number of allylic oxidation sites excluding steroid dienone is 2. The number of imidazole rings is 2. The normalized spacial score (nSPS) is 14.7. The number of hydrogen-bond donors (Lipinski definition) is 3. The van der Waals surface area contributed by atoms with Crippen LogP contribution in [-0.4, -0.2) is 39.9 Å². The number of nitrogens with zero attached hydrogens (tertiary/aromatic N) is 5. The topological polar surface area (TPSA) is 104 Å². The van der Waals surface area contributed by atoms with Gasteiger partial charge >= 0.3 is 0 Å². The van der Waals surface area contributed by atoms with E-state index in [1.165, 1.54) is 26.7 Å². The van der Waals surface area contributed by atoms with Gasteiger partial charge < -0.3 is 9.97 Å². The van der Waals surface area contributed by atoms with Gasteiger partial charge in [0.05, 0.1) is 29.3 Å². The van der Waals surface area contributed by atoms with Crippen LogP contribution in [0.25, 0.3) is 40.1 Å². The maximum absolute atomic E-state index is 4.76. The predicted molar refractivity (Wildman–Crippen MR) is 175 cm³/mol. The summed E-state index contributed by atoms with van der Waals surface area (Å²) in [7, 11) is 0. The van der Waals surface area contributed by atoms with Crippen LogP contribution in [0, 0.1) is 0 Å². The van der Waals surface area contributed by atoms with Crippen molar-refractivity contribution in [3.05, 3.63) is 122 Å². The third kappa shape index (κ3) is 4.56. The van der Waals surface area contributed by atoms with E-state index >= 15 is 0 Å². The van der Waals surface area contributed by atoms with Gasteiger partial charge in [-0.15, -0.1) is 34.0 Å². The molecule has 0 saturated heterocycles. The number of H-pyrrole nitrogens is 3. The van der Waals surface area contributed by atoms with E-state index in [9.17, 15) is 0 Å². The summed E-state index contributed by atoms with van der Waals surface area (Å²) in [5, 5.41) is 20.1. The molecule has 0 spiro atoms. The Kier molecular flexibility index (Phi) is 6.62. The molecule has 0 atom stereocenters. The lowest BCUT2D eigenvalue weighted by Crippen LogP contribution is -2.28. The van der Waals surface area contributed by atoms with Crippen LogP contribution >= 0.6 is 34.0 Å². The van der Waals surface area contributed by atoms with Gasteiger partial charge in [0.15, 0.2) is 5.82 Å². The summed E-state index contributed by atoms with van der Waals surface area (Å²) in [5.41, 5.74) is 7.50. The molecule has 0 unspecified atom stereocenters. The Balaban J connectivity index is 0.000000133. The summed E-state index contributed by atoms with van der Waals surface area (Å²) in [5.74, 6) is 0.832. The first-order valence-electron chi connectivity index (χ1n) is 14.0. The summed E-state index contributed by atoms with van der Waals surface area (Å²) in [6.45, 7) is 0. The molecule has 0 fully saturated rings. The van der Waals surface area contributed by atoms with Crippen molar-refractivity contribution >= 4 is 46.2 Å². The van der Waals surface area contributed by atoms with Crippen molar-refractivity contribution < 1.29 is 0 Å². The van der Waals surface area contributed by atoms with E-state index in [0.29, 0.717) is 0 Å². The molecule has 7 aromatic rings. The lowest BCUT2D eigenvalue weighted by atomic mass is 9.75. The minimum atomic E-state index is -0.104. The van der Waals surface area contributed by atoms with E-state index in [0.717, 1.165) is 52.7 Å². The van der Waals surface area contributed by atoms with Crippen LogP contribution in [0.3, 0.4) is 0 Å². The predicted octanol–water partition coefficient (Wildman–Crippen LogP) is 7.76. The summed E-state index contributed by atoms with van der Waals surface area (Å²) >= 11 is 5.33. The van der Waals surface area contributed by atoms with Crippen LogP contribution in [0.15, 0.2) is 89.6 Å². The largest absolute Gasteiger partial charge is 0.343 e. The molecule has 7 aromatic heterocycles. The van der Waals surface area contributed by atoms with Gasteiger partial charge in [0.25, 0.3) is 0 Å². The molecule has 8 nitrogen and oxygen atoms in total. The van der Waals surface area contributed by atoms with Crippen LogP contribution < -0.4 is 0 Å². The van der Waals surface area contributed by atoms with Crippen molar-refractivity contribution in [1.82, 2.24) is 39.9 Å². The smallest absolute Gasteiger partial charge is 0.158 e. The fraction of sp³-hybridized carbons (Fsp3) is 0.125. The number of fused-ring (bicyclic) bond motifs is 2. The molecule has 0 bridgehead atoms. The second-order valence-electron chi connectivity index (χ2n) is 10.3. The van der Waals surface area contributed by atoms with Gasteiger partial charge in [-0.1, -0.05) is 36.4 Å².